The van der Waals surface area contributed by atoms with E-state index in [4.69, 9.17) is 9.47 Å². The molecule has 0 saturated heterocycles. The largest absolute Gasteiger partial charge is 0.484 e. The predicted octanol–water partition coefficient (Wildman–Crippen LogP) is 3.92. The average Bonchev–Trinajstić information content (AvgIpc) is 3.29. The van der Waals surface area contributed by atoms with Gasteiger partial charge in [0, 0.05) is 24.1 Å². The molecule has 2 heterocycles. The number of aromatic nitrogens is 4. The van der Waals surface area contributed by atoms with Gasteiger partial charge in [-0.15, -0.1) is 0 Å². The second-order valence-corrected chi connectivity index (χ2v) is 6.50. The normalized spacial score (nSPS) is 10.5. The van der Waals surface area contributed by atoms with Crippen LogP contribution in [0.5, 0.6) is 17.4 Å². The molecule has 1 N–H and O–H groups in total. The van der Waals surface area contributed by atoms with Gasteiger partial charge in [-0.05, 0) is 55.5 Å². The number of nitrogens with one attached hydrogen (secondary N) is 1. The Morgan fingerprint density at radius 1 is 1.06 bits per heavy atom. The van der Waals surface area contributed by atoms with Crippen molar-refractivity contribution in [2.75, 3.05) is 11.9 Å². The van der Waals surface area contributed by atoms with Crippen LogP contribution < -0.4 is 14.8 Å². The van der Waals surface area contributed by atoms with Crippen LogP contribution in [-0.2, 0) is 4.79 Å². The van der Waals surface area contributed by atoms with Crippen molar-refractivity contribution < 1.29 is 18.7 Å². The fourth-order valence-electron chi connectivity index (χ4n) is 2.71. The Hall–Kier alpha value is -4.27. The van der Waals surface area contributed by atoms with Gasteiger partial charge in [0.2, 0.25) is 5.88 Å². The van der Waals surface area contributed by atoms with E-state index in [-0.39, 0.29) is 18.3 Å². The van der Waals surface area contributed by atoms with Gasteiger partial charge in [-0.1, -0.05) is 0 Å². The van der Waals surface area contributed by atoms with Crippen LogP contribution in [0.25, 0.3) is 5.82 Å². The summed E-state index contributed by atoms with van der Waals surface area (Å²) in [6.07, 6.45) is 5.08. The molecule has 0 aliphatic rings. The molecule has 4 rings (SSSR count). The van der Waals surface area contributed by atoms with Crippen LogP contribution in [0.15, 0.2) is 73.3 Å². The number of anilines is 1. The molecule has 0 aliphatic carbocycles. The molecule has 9 heteroatoms. The lowest BCUT2D eigenvalue weighted by atomic mass is 10.3. The lowest BCUT2D eigenvalue weighted by Gasteiger charge is -2.10. The smallest absolute Gasteiger partial charge is 0.262 e. The van der Waals surface area contributed by atoms with E-state index in [9.17, 15) is 9.18 Å². The summed E-state index contributed by atoms with van der Waals surface area (Å²) >= 11 is 0. The Morgan fingerprint density at radius 3 is 2.52 bits per heavy atom. The van der Waals surface area contributed by atoms with E-state index >= 15 is 0 Å². The van der Waals surface area contributed by atoms with Gasteiger partial charge in [0.1, 0.15) is 35.3 Å². The number of carbonyl (C=O) groups excluding carboxylic acids is 1. The molecule has 0 aliphatic heterocycles. The molecule has 1 amide bonds. The quantitative estimate of drug-likeness (QED) is 0.488. The first kappa shape index (κ1) is 20.0. The Labute approximate surface area is 177 Å². The minimum Gasteiger partial charge on any atom is -0.484 e. The SMILES string of the molecule is Cc1nc(Oc2ccc(NC(=O)COc3ccc(F)cc3)cc2)cc(-n2ccnc2)n1. The summed E-state index contributed by atoms with van der Waals surface area (Å²) in [5.74, 6) is 1.85. The third kappa shape index (κ3) is 5.41. The standard InChI is InChI=1S/C22H18FN5O3/c1-15-25-20(28-11-10-24-14-28)12-22(26-15)31-19-8-4-17(5-9-19)27-21(29)13-30-18-6-2-16(23)3-7-18/h2-12,14H,13H2,1H3,(H,27,29). The molecule has 0 radical (unpaired) electrons. The third-order valence-electron chi connectivity index (χ3n) is 4.11. The van der Waals surface area contributed by atoms with Crippen LogP contribution >= 0.6 is 0 Å². The molecule has 2 aromatic carbocycles. The van der Waals surface area contributed by atoms with E-state index in [0.29, 0.717) is 34.7 Å². The molecule has 4 aromatic rings. The van der Waals surface area contributed by atoms with Gasteiger partial charge >= 0.3 is 0 Å². The Balaban J connectivity index is 1.35. The van der Waals surface area contributed by atoms with Crippen LogP contribution in [0, 0.1) is 12.7 Å². The Kier molecular flexibility index (Phi) is 5.84. The Morgan fingerprint density at radius 2 is 1.81 bits per heavy atom. The number of nitrogens with zero attached hydrogens (tertiary/aromatic N) is 4. The van der Waals surface area contributed by atoms with Crippen molar-refractivity contribution in [2.24, 2.45) is 0 Å². The maximum Gasteiger partial charge on any atom is 0.262 e. The number of aryl methyl sites for hydroxylation is 1. The monoisotopic (exact) mass is 419 g/mol. The van der Waals surface area contributed by atoms with Gasteiger partial charge in [0.25, 0.3) is 5.91 Å². The van der Waals surface area contributed by atoms with Crippen LogP contribution in [0.4, 0.5) is 10.1 Å². The van der Waals surface area contributed by atoms with Gasteiger partial charge in [0.15, 0.2) is 6.61 Å². The number of carbonyl (C=O) groups is 1. The van der Waals surface area contributed by atoms with Crippen molar-refractivity contribution in [3.8, 4) is 23.2 Å². The first-order valence-electron chi connectivity index (χ1n) is 9.35. The van der Waals surface area contributed by atoms with Gasteiger partial charge in [-0.2, -0.15) is 4.98 Å². The summed E-state index contributed by atoms with van der Waals surface area (Å²) in [7, 11) is 0. The van der Waals surface area contributed by atoms with Gasteiger partial charge in [-0.25, -0.2) is 14.4 Å². The van der Waals surface area contributed by atoms with Crippen molar-refractivity contribution in [3.05, 3.63) is 85.0 Å². The second-order valence-electron chi connectivity index (χ2n) is 6.50. The molecule has 0 fully saturated rings. The Bertz CT molecular complexity index is 1160. The summed E-state index contributed by atoms with van der Waals surface area (Å²) in [4.78, 5) is 24.7. The van der Waals surface area contributed by atoms with Crippen LogP contribution in [0.1, 0.15) is 5.82 Å². The highest BCUT2D eigenvalue weighted by atomic mass is 19.1. The number of imidazole rings is 1. The summed E-state index contributed by atoms with van der Waals surface area (Å²) in [5, 5.41) is 2.72. The topological polar surface area (TPSA) is 91.2 Å². The number of benzene rings is 2. The summed E-state index contributed by atoms with van der Waals surface area (Å²) in [6.45, 7) is 1.58. The molecule has 31 heavy (non-hydrogen) atoms. The van der Waals surface area contributed by atoms with Crippen LogP contribution in [0.2, 0.25) is 0 Å². The van der Waals surface area contributed by atoms with Crippen molar-refractivity contribution >= 4 is 11.6 Å². The molecule has 0 saturated carbocycles. The number of halogens is 1. The van der Waals surface area contributed by atoms with Crippen molar-refractivity contribution in [3.63, 3.8) is 0 Å². The summed E-state index contributed by atoms with van der Waals surface area (Å²) < 4.78 is 25.8. The molecule has 0 atom stereocenters. The molecule has 0 unspecified atom stereocenters. The van der Waals surface area contributed by atoms with Crippen molar-refractivity contribution in [1.82, 2.24) is 19.5 Å². The minimum absolute atomic E-state index is 0.193. The number of hydrogen-bond acceptors (Lipinski definition) is 6. The fraction of sp³-hybridized carbons (Fsp3) is 0.0909. The van der Waals surface area contributed by atoms with Gasteiger partial charge < -0.3 is 14.8 Å². The van der Waals surface area contributed by atoms with Gasteiger partial charge in [0.05, 0.1) is 0 Å². The molecular weight excluding hydrogens is 401 g/mol. The first-order valence-corrected chi connectivity index (χ1v) is 9.35. The van der Waals surface area contributed by atoms with E-state index < -0.39 is 0 Å². The molecule has 2 aromatic heterocycles. The highest BCUT2D eigenvalue weighted by Gasteiger charge is 2.08. The van der Waals surface area contributed by atoms with E-state index in [1.165, 1.54) is 24.3 Å². The molecule has 0 bridgehead atoms. The number of ether oxygens (including phenoxy) is 2. The average molecular weight is 419 g/mol. The highest BCUT2D eigenvalue weighted by molar-refractivity contribution is 5.91. The summed E-state index contributed by atoms with van der Waals surface area (Å²) in [5.41, 5.74) is 0.582. The number of rotatable bonds is 7. The maximum absolute atomic E-state index is 12.9. The van der Waals surface area contributed by atoms with E-state index in [2.05, 4.69) is 20.3 Å². The van der Waals surface area contributed by atoms with Crippen molar-refractivity contribution in [2.45, 2.75) is 6.92 Å². The number of hydrogen-bond donors (Lipinski definition) is 1. The van der Waals surface area contributed by atoms with E-state index in [0.717, 1.165) is 0 Å². The zero-order valence-corrected chi connectivity index (χ0v) is 16.5. The van der Waals surface area contributed by atoms with Crippen LogP contribution in [-0.4, -0.2) is 32.0 Å². The summed E-state index contributed by atoms with van der Waals surface area (Å²) in [6, 6.07) is 14.0. The zero-order chi connectivity index (χ0) is 21.6. The van der Waals surface area contributed by atoms with Crippen LogP contribution in [0.3, 0.4) is 0 Å². The molecule has 0 spiro atoms. The molecule has 8 nitrogen and oxygen atoms in total. The third-order valence-corrected chi connectivity index (χ3v) is 4.11. The van der Waals surface area contributed by atoms with E-state index in [1.54, 1.807) is 60.5 Å². The van der Waals surface area contributed by atoms with Crippen molar-refractivity contribution in [1.29, 1.82) is 0 Å². The lowest BCUT2D eigenvalue weighted by molar-refractivity contribution is -0.118. The molecule has 156 valence electrons. The second kappa shape index (κ2) is 9.04. The predicted molar refractivity (Wildman–Crippen MR) is 111 cm³/mol. The number of amides is 1. The van der Waals surface area contributed by atoms with E-state index in [1.807, 2.05) is 0 Å². The molecular formula is C22H18FN5O3. The maximum atomic E-state index is 12.9. The lowest BCUT2D eigenvalue weighted by Crippen LogP contribution is -2.20. The van der Waals surface area contributed by atoms with Gasteiger partial charge in [-0.3, -0.25) is 9.36 Å². The zero-order valence-electron chi connectivity index (χ0n) is 16.5. The highest BCUT2D eigenvalue weighted by Crippen LogP contribution is 2.23. The fourth-order valence-corrected chi connectivity index (χ4v) is 2.71. The minimum atomic E-state index is -0.366. The first-order chi connectivity index (χ1) is 15.0.